The van der Waals surface area contributed by atoms with Gasteiger partial charge in [0.2, 0.25) is 0 Å². The van der Waals surface area contributed by atoms with Crippen molar-refractivity contribution in [1.82, 2.24) is 4.90 Å². The monoisotopic (exact) mass is 338 g/mol. The topological polar surface area (TPSA) is 38.5 Å². The molecule has 1 atom stereocenters. The summed E-state index contributed by atoms with van der Waals surface area (Å²) in [6.45, 7) is 3.77. The molecule has 0 aliphatic carbocycles. The van der Waals surface area contributed by atoms with Crippen LogP contribution >= 0.6 is 28.3 Å². The van der Waals surface area contributed by atoms with Gasteiger partial charge in [0.1, 0.15) is 5.82 Å². The zero-order chi connectivity index (χ0) is 12.3. The van der Waals surface area contributed by atoms with E-state index in [1.165, 1.54) is 12.1 Å². The average molecular weight is 340 g/mol. The van der Waals surface area contributed by atoms with E-state index in [1.54, 1.807) is 0 Å². The molecule has 6 heteroatoms. The summed E-state index contributed by atoms with van der Waals surface area (Å²) < 4.78 is 19.3. The molecule has 1 aromatic rings. The molecule has 1 unspecified atom stereocenters. The Morgan fingerprint density at radius 1 is 1.50 bits per heavy atom. The molecule has 2 N–H and O–H groups in total. The van der Waals surface area contributed by atoms with Gasteiger partial charge in [-0.25, -0.2) is 4.39 Å². The van der Waals surface area contributed by atoms with Gasteiger partial charge in [-0.2, -0.15) is 0 Å². The van der Waals surface area contributed by atoms with Gasteiger partial charge >= 0.3 is 0 Å². The molecule has 102 valence electrons. The number of hydrogen-bond acceptors (Lipinski definition) is 3. The Balaban J connectivity index is 0.00000162. The van der Waals surface area contributed by atoms with Crippen molar-refractivity contribution in [1.29, 1.82) is 0 Å². The highest BCUT2D eigenvalue weighted by atomic mass is 79.9. The average Bonchev–Trinajstić information content (AvgIpc) is 2.33. The van der Waals surface area contributed by atoms with Crippen molar-refractivity contribution in [3.63, 3.8) is 0 Å². The van der Waals surface area contributed by atoms with Gasteiger partial charge < -0.3 is 10.5 Å². The van der Waals surface area contributed by atoms with Crippen LogP contribution < -0.4 is 5.73 Å². The fourth-order valence-electron chi connectivity index (χ4n) is 1.96. The second kappa shape index (κ2) is 7.40. The van der Waals surface area contributed by atoms with Gasteiger partial charge in [0, 0.05) is 30.7 Å². The van der Waals surface area contributed by atoms with Crippen LogP contribution in [-0.2, 0) is 11.3 Å². The van der Waals surface area contributed by atoms with Crippen LogP contribution in [-0.4, -0.2) is 37.2 Å². The van der Waals surface area contributed by atoms with Crippen LogP contribution in [0.4, 0.5) is 4.39 Å². The third-order valence-corrected chi connectivity index (χ3v) is 3.63. The van der Waals surface area contributed by atoms with Crippen molar-refractivity contribution in [2.45, 2.75) is 12.6 Å². The van der Waals surface area contributed by atoms with E-state index < -0.39 is 0 Å². The SMILES string of the molecule is Cl.NCC1CN(Cc2ccc(F)cc2Br)CCO1. The first-order chi connectivity index (χ1) is 8.19. The van der Waals surface area contributed by atoms with Crippen LogP contribution in [0.5, 0.6) is 0 Å². The lowest BCUT2D eigenvalue weighted by atomic mass is 10.2. The molecule has 0 saturated carbocycles. The third kappa shape index (κ3) is 4.17. The van der Waals surface area contributed by atoms with Crippen molar-refractivity contribution >= 4 is 28.3 Å². The molecule has 0 amide bonds. The zero-order valence-electron chi connectivity index (χ0n) is 9.94. The zero-order valence-corrected chi connectivity index (χ0v) is 12.3. The van der Waals surface area contributed by atoms with Gasteiger partial charge in [0.05, 0.1) is 12.7 Å². The molecular formula is C12H17BrClFN2O. The molecule has 1 aliphatic rings. The summed E-state index contributed by atoms with van der Waals surface area (Å²) in [5.41, 5.74) is 6.69. The molecular weight excluding hydrogens is 322 g/mol. The number of benzene rings is 1. The second-order valence-corrected chi connectivity index (χ2v) is 5.05. The highest BCUT2D eigenvalue weighted by molar-refractivity contribution is 9.10. The molecule has 2 rings (SSSR count). The fraction of sp³-hybridized carbons (Fsp3) is 0.500. The van der Waals surface area contributed by atoms with Gasteiger partial charge in [0.25, 0.3) is 0 Å². The second-order valence-electron chi connectivity index (χ2n) is 4.20. The van der Waals surface area contributed by atoms with E-state index >= 15 is 0 Å². The van der Waals surface area contributed by atoms with Crippen LogP contribution in [0.3, 0.4) is 0 Å². The number of nitrogens with zero attached hydrogens (tertiary/aromatic N) is 1. The Labute approximate surface area is 121 Å². The first-order valence-corrected chi connectivity index (χ1v) is 6.46. The summed E-state index contributed by atoms with van der Waals surface area (Å²) in [5.74, 6) is -0.220. The number of morpholine rings is 1. The van der Waals surface area contributed by atoms with Crippen LogP contribution in [0.25, 0.3) is 0 Å². The lowest BCUT2D eigenvalue weighted by molar-refractivity contribution is -0.0261. The number of rotatable bonds is 3. The molecule has 0 aromatic heterocycles. The van der Waals surface area contributed by atoms with Crippen molar-refractivity contribution in [2.75, 3.05) is 26.2 Å². The number of hydrogen-bond donors (Lipinski definition) is 1. The van der Waals surface area contributed by atoms with Gasteiger partial charge in [-0.3, -0.25) is 4.90 Å². The van der Waals surface area contributed by atoms with Crippen molar-refractivity contribution in [3.05, 3.63) is 34.1 Å². The van der Waals surface area contributed by atoms with Crippen LogP contribution in [0.1, 0.15) is 5.56 Å². The van der Waals surface area contributed by atoms with E-state index in [2.05, 4.69) is 20.8 Å². The molecule has 0 bridgehead atoms. The number of halogens is 3. The number of nitrogens with two attached hydrogens (primary N) is 1. The highest BCUT2D eigenvalue weighted by Crippen LogP contribution is 2.20. The molecule has 1 heterocycles. The van der Waals surface area contributed by atoms with Crippen molar-refractivity contribution < 1.29 is 9.13 Å². The van der Waals surface area contributed by atoms with E-state index in [0.717, 1.165) is 29.7 Å². The van der Waals surface area contributed by atoms with Gasteiger partial charge in [0.15, 0.2) is 0 Å². The van der Waals surface area contributed by atoms with Crippen molar-refractivity contribution in [3.8, 4) is 0 Å². The lowest BCUT2D eigenvalue weighted by Gasteiger charge is -2.32. The molecule has 0 radical (unpaired) electrons. The standard InChI is InChI=1S/C12H16BrFN2O.ClH/c13-12-5-10(14)2-1-9(12)7-16-3-4-17-11(6-15)8-16;/h1-2,5,11H,3-4,6-8,15H2;1H. The first-order valence-electron chi connectivity index (χ1n) is 5.67. The lowest BCUT2D eigenvalue weighted by Crippen LogP contribution is -2.45. The maximum absolute atomic E-state index is 13.0. The normalized spacial score (nSPS) is 20.5. The van der Waals surface area contributed by atoms with Crippen LogP contribution in [0.2, 0.25) is 0 Å². The van der Waals surface area contributed by atoms with Gasteiger partial charge in [-0.1, -0.05) is 22.0 Å². The molecule has 1 aromatic carbocycles. The Kier molecular flexibility index (Phi) is 6.52. The summed E-state index contributed by atoms with van der Waals surface area (Å²) in [5, 5.41) is 0. The quantitative estimate of drug-likeness (QED) is 0.917. The van der Waals surface area contributed by atoms with Gasteiger partial charge in [-0.15, -0.1) is 12.4 Å². The Hall–Kier alpha value is -0.200. The smallest absolute Gasteiger partial charge is 0.124 e. The minimum Gasteiger partial charge on any atom is -0.374 e. The third-order valence-electron chi connectivity index (χ3n) is 2.89. The Morgan fingerprint density at radius 3 is 2.94 bits per heavy atom. The molecule has 0 spiro atoms. The van der Waals surface area contributed by atoms with Crippen molar-refractivity contribution in [2.24, 2.45) is 5.73 Å². The summed E-state index contributed by atoms with van der Waals surface area (Å²) >= 11 is 3.38. The predicted molar refractivity (Wildman–Crippen MR) is 75.4 cm³/mol. The molecule has 1 saturated heterocycles. The minimum absolute atomic E-state index is 0. The summed E-state index contributed by atoms with van der Waals surface area (Å²) in [6, 6.07) is 4.80. The molecule has 18 heavy (non-hydrogen) atoms. The minimum atomic E-state index is -0.220. The summed E-state index contributed by atoms with van der Waals surface area (Å²) in [4.78, 5) is 2.28. The van der Waals surface area contributed by atoms with E-state index in [-0.39, 0.29) is 24.3 Å². The maximum Gasteiger partial charge on any atom is 0.124 e. The molecule has 1 aliphatic heterocycles. The fourth-order valence-corrected chi connectivity index (χ4v) is 2.43. The first kappa shape index (κ1) is 15.9. The number of ether oxygens (including phenoxy) is 1. The summed E-state index contributed by atoms with van der Waals surface area (Å²) in [6.07, 6.45) is 0.114. The van der Waals surface area contributed by atoms with E-state index in [0.29, 0.717) is 13.2 Å². The van der Waals surface area contributed by atoms with Crippen LogP contribution in [0.15, 0.2) is 22.7 Å². The molecule has 3 nitrogen and oxygen atoms in total. The van der Waals surface area contributed by atoms with Gasteiger partial charge in [-0.05, 0) is 17.7 Å². The van der Waals surface area contributed by atoms with Crippen LogP contribution in [0, 0.1) is 5.82 Å². The highest BCUT2D eigenvalue weighted by Gasteiger charge is 2.19. The van der Waals surface area contributed by atoms with E-state index in [1.807, 2.05) is 6.07 Å². The molecule has 1 fully saturated rings. The summed E-state index contributed by atoms with van der Waals surface area (Å²) in [7, 11) is 0. The largest absolute Gasteiger partial charge is 0.374 e. The maximum atomic E-state index is 13.0. The van der Waals surface area contributed by atoms with E-state index in [9.17, 15) is 4.39 Å². The Morgan fingerprint density at radius 2 is 2.28 bits per heavy atom. The Bertz CT molecular complexity index is 394. The predicted octanol–water partition coefficient (Wildman–Crippen LogP) is 2.17. The van der Waals surface area contributed by atoms with E-state index in [4.69, 9.17) is 10.5 Å².